The maximum atomic E-state index is 12.5. The fourth-order valence-corrected chi connectivity index (χ4v) is 4.04. The van der Waals surface area contributed by atoms with Crippen LogP contribution in [-0.2, 0) is 13.6 Å². The van der Waals surface area contributed by atoms with Crippen LogP contribution in [0.1, 0.15) is 20.3 Å². The second-order valence-corrected chi connectivity index (χ2v) is 7.49. The van der Waals surface area contributed by atoms with Crippen LogP contribution in [0.3, 0.4) is 0 Å². The number of hydrogen-bond acceptors (Lipinski definition) is 9. The van der Waals surface area contributed by atoms with Gasteiger partial charge in [-0.1, -0.05) is 0 Å². The van der Waals surface area contributed by atoms with E-state index in [1.165, 1.54) is 17.4 Å². The SMILES string of the molecule is CCOP(=O)(CCC(CO)COn1cnc2c(N)ncnc21)OCC. The van der Waals surface area contributed by atoms with Gasteiger partial charge in [0.1, 0.15) is 19.3 Å². The molecule has 2 heterocycles. The van der Waals surface area contributed by atoms with Crippen LogP contribution in [0.25, 0.3) is 11.2 Å². The summed E-state index contributed by atoms with van der Waals surface area (Å²) in [4.78, 5) is 17.7. The van der Waals surface area contributed by atoms with E-state index in [9.17, 15) is 9.67 Å². The number of rotatable bonds is 11. The van der Waals surface area contributed by atoms with Crippen LogP contribution in [0, 0.1) is 5.92 Å². The third-order valence-corrected chi connectivity index (χ3v) is 5.61. The fraction of sp³-hybridized carbons (Fsp3) is 0.643. The third kappa shape index (κ3) is 5.12. The Labute approximate surface area is 145 Å². The normalized spacial score (nSPS) is 13.2. The van der Waals surface area contributed by atoms with Gasteiger partial charge in [-0.05, 0) is 20.3 Å². The minimum Gasteiger partial charge on any atom is -0.410 e. The number of nitrogens with zero attached hydrogens (tertiary/aromatic N) is 4. The standard InChI is InChI=1S/C14H24N5O5P/c1-3-23-25(21,24-4-2)6-5-11(7-20)8-22-19-10-18-12-13(15)16-9-17-14(12)19/h9-11,20H,3-8H2,1-2H3,(H2,15,16,17). The minimum atomic E-state index is -3.14. The highest BCUT2D eigenvalue weighted by Crippen LogP contribution is 2.49. The summed E-state index contributed by atoms with van der Waals surface area (Å²) in [6.07, 6.45) is 3.40. The zero-order chi connectivity index (χ0) is 18.3. The molecular weight excluding hydrogens is 349 g/mol. The second kappa shape index (κ2) is 9.10. The van der Waals surface area contributed by atoms with Gasteiger partial charge >= 0.3 is 7.60 Å². The zero-order valence-electron chi connectivity index (χ0n) is 14.4. The van der Waals surface area contributed by atoms with Crippen LogP contribution in [0.5, 0.6) is 0 Å². The first kappa shape index (κ1) is 19.6. The largest absolute Gasteiger partial charge is 0.410 e. The second-order valence-electron chi connectivity index (χ2n) is 5.30. The average molecular weight is 373 g/mol. The molecule has 0 spiro atoms. The summed E-state index contributed by atoms with van der Waals surface area (Å²) in [5, 5.41) is 9.55. The molecule has 1 atom stereocenters. The molecule has 11 heteroatoms. The van der Waals surface area contributed by atoms with Crippen LogP contribution in [-0.4, -0.2) is 57.4 Å². The predicted octanol–water partition coefficient (Wildman–Crippen LogP) is 1.10. The predicted molar refractivity (Wildman–Crippen MR) is 92.1 cm³/mol. The van der Waals surface area contributed by atoms with Crippen molar-refractivity contribution >= 4 is 24.6 Å². The van der Waals surface area contributed by atoms with E-state index in [1.54, 1.807) is 13.8 Å². The molecule has 0 fully saturated rings. The van der Waals surface area contributed by atoms with E-state index >= 15 is 0 Å². The molecule has 0 saturated heterocycles. The Morgan fingerprint density at radius 2 is 2.00 bits per heavy atom. The molecule has 0 aliphatic carbocycles. The molecule has 2 rings (SSSR count). The van der Waals surface area contributed by atoms with Crippen molar-refractivity contribution in [2.45, 2.75) is 20.3 Å². The number of hydrogen-bond donors (Lipinski definition) is 2. The molecule has 0 saturated carbocycles. The van der Waals surface area contributed by atoms with Crippen molar-refractivity contribution in [3.05, 3.63) is 12.7 Å². The lowest BCUT2D eigenvalue weighted by Gasteiger charge is -2.20. The molecule has 0 radical (unpaired) electrons. The van der Waals surface area contributed by atoms with Crippen LogP contribution < -0.4 is 10.6 Å². The Morgan fingerprint density at radius 1 is 1.28 bits per heavy atom. The number of aromatic nitrogens is 4. The van der Waals surface area contributed by atoms with E-state index in [0.717, 1.165) is 0 Å². The van der Waals surface area contributed by atoms with Crippen molar-refractivity contribution in [3.8, 4) is 0 Å². The summed E-state index contributed by atoms with van der Waals surface area (Å²) in [7, 11) is -3.14. The third-order valence-electron chi connectivity index (χ3n) is 3.50. The highest BCUT2D eigenvalue weighted by atomic mass is 31.2. The van der Waals surface area contributed by atoms with Gasteiger partial charge in [-0.2, -0.15) is 4.73 Å². The van der Waals surface area contributed by atoms with Crippen molar-refractivity contribution in [1.29, 1.82) is 0 Å². The van der Waals surface area contributed by atoms with Gasteiger partial charge in [0.15, 0.2) is 11.3 Å². The summed E-state index contributed by atoms with van der Waals surface area (Å²) in [5.74, 6) is 0.0197. The first-order valence-corrected chi connectivity index (χ1v) is 9.81. The lowest BCUT2D eigenvalue weighted by molar-refractivity contribution is 0.0617. The Bertz CT molecular complexity index is 715. The Balaban J connectivity index is 1.95. The van der Waals surface area contributed by atoms with Crippen molar-refractivity contribution in [2.24, 2.45) is 5.92 Å². The number of fused-ring (bicyclic) bond motifs is 1. The van der Waals surface area contributed by atoms with Gasteiger partial charge < -0.3 is 24.7 Å². The van der Waals surface area contributed by atoms with Crippen LogP contribution >= 0.6 is 7.60 Å². The summed E-state index contributed by atoms with van der Waals surface area (Å²) >= 11 is 0. The van der Waals surface area contributed by atoms with Crippen LogP contribution in [0.15, 0.2) is 12.7 Å². The van der Waals surface area contributed by atoms with Crippen LogP contribution in [0.4, 0.5) is 5.82 Å². The van der Waals surface area contributed by atoms with Gasteiger partial charge in [0.25, 0.3) is 0 Å². The van der Waals surface area contributed by atoms with Gasteiger partial charge in [0, 0.05) is 12.5 Å². The van der Waals surface area contributed by atoms with Crippen molar-refractivity contribution < 1.29 is 23.6 Å². The van der Waals surface area contributed by atoms with Gasteiger partial charge in [-0.3, -0.25) is 4.57 Å². The maximum absolute atomic E-state index is 12.5. The number of aliphatic hydroxyl groups is 1. The molecule has 0 aliphatic heterocycles. The molecule has 3 N–H and O–H groups in total. The lowest BCUT2D eigenvalue weighted by Crippen LogP contribution is -2.23. The summed E-state index contributed by atoms with van der Waals surface area (Å²) in [5.41, 5.74) is 6.61. The monoisotopic (exact) mass is 373 g/mol. The van der Waals surface area contributed by atoms with Gasteiger partial charge in [-0.25, -0.2) is 15.0 Å². The maximum Gasteiger partial charge on any atom is 0.330 e. The van der Waals surface area contributed by atoms with E-state index < -0.39 is 7.60 Å². The molecule has 2 aromatic rings. The average Bonchev–Trinajstić information content (AvgIpc) is 3.00. The summed E-state index contributed by atoms with van der Waals surface area (Å²) < 4.78 is 24.3. The van der Waals surface area contributed by atoms with Crippen LogP contribution in [0.2, 0.25) is 0 Å². The number of nitrogen functional groups attached to an aromatic ring is 1. The molecule has 0 bridgehead atoms. The van der Waals surface area contributed by atoms with Gasteiger partial charge in [0.05, 0.1) is 19.4 Å². The molecule has 1 unspecified atom stereocenters. The molecule has 10 nitrogen and oxygen atoms in total. The Morgan fingerprint density at radius 3 is 2.64 bits per heavy atom. The number of imidazole rings is 1. The molecule has 0 aromatic carbocycles. The number of aliphatic hydroxyl groups excluding tert-OH is 1. The lowest BCUT2D eigenvalue weighted by atomic mass is 10.1. The molecule has 140 valence electrons. The highest BCUT2D eigenvalue weighted by Gasteiger charge is 2.25. The Kier molecular flexibility index (Phi) is 7.12. The van der Waals surface area contributed by atoms with Crippen molar-refractivity contribution in [3.63, 3.8) is 0 Å². The topological polar surface area (TPSA) is 135 Å². The minimum absolute atomic E-state index is 0.123. The molecule has 2 aromatic heterocycles. The quantitative estimate of drug-likeness (QED) is 0.555. The highest BCUT2D eigenvalue weighted by molar-refractivity contribution is 7.53. The molecule has 0 aliphatic rings. The van der Waals surface area contributed by atoms with Crippen molar-refractivity contribution in [2.75, 3.05) is 38.3 Å². The Hall–Kier alpha value is -1.74. The number of nitrogens with two attached hydrogens (primary N) is 1. The van der Waals surface area contributed by atoms with Gasteiger partial charge in [0.2, 0.25) is 5.65 Å². The van der Waals surface area contributed by atoms with E-state index in [0.29, 0.717) is 30.8 Å². The van der Waals surface area contributed by atoms with E-state index in [1.807, 2.05) is 0 Å². The molecular formula is C14H24N5O5P. The smallest absolute Gasteiger partial charge is 0.330 e. The summed E-state index contributed by atoms with van der Waals surface area (Å²) in [6, 6.07) is 0. The van der Waals surface area contributed by atoms with E-state index in [-0.39, 0.29) is 31.1 Å². The molecule has 0 amide bonds. The molecule has 25 heavy (non-hydrogen) atoms. The first-order valence-electron chi connectivity index (χ1n) is 8.08. The van der Waals surface area contributed by atoms with E-state index in [2.05, 4.69) is 15.0 Å². The summed E-state index contributed by atoms with van der Waals surface area (Å²) in [6.45, 7) is 4.19. The zero-order valence-corrected chi connectivity index (χ0v) is 15.3. The van der Waals surface area contributed by atoms with Gasteiger partial charge in [-0.15, -0.1) is 0 Å². The van der Waals surface area contributed by atoms with Crippen molar-refractivity contribution in [1.82, 2.24) is 19.7 Å². The first-order chi connectivity index (χ1) is 12.0. The van der Waals surface area contributed by atoms with E-state index in [4.69, 9.17) is 19.6 Å². The number of anilines is 1. The fourth-order valence-electron chi connectivity index (χ4n) is 2.24.